The fourth-order valence-corrected chi connectivity index (χ4v) is 2.59. The highest BCUT2D eigenvalue weighted by molar-refractivity contribution is 5.33. The number of hydrogen-bond donors (Lipinski definition) is 1. The predicted molar refractivity (Wildman–Crippen MR) is 59.2 cm³/mol. The van der Waals surface area contributed by atoms with E-state index < -0.39 is 11.7 Å². The van der Waals surface area contributed by atoms with Crippen molar-refractivity contribution in [2.24, 2.45) is 0 Å². The molecule has 1 N–H and O–H groups in total. The molecule has 1 unspecified atom stereocenters. The number of rotatable bonds is 1. The molecule has 2 fully saturated rings. The summed E-state index contributed by atoms with van der Waals surface area (Å²) in [7, 11) is 0. The van der Waals surface area contributed by atoms with Gasteiger partial charge in [-0.2, -0.15) is 13.2 Å². The Bertz CT molecular complexity index is 419. The molecule has 0 amide bonds. The lowest BCUT2D eigenvalue weighted by atomic mass is 10.2. The van der Waals surface area contributed by atoms with Crippen molar-refractivity contribution in [3.63, 3.8) is 0 Å². The van der Waals surface area contributed by atoms with Gasteiger partial charge in [-0.25, -0.2) is 9.97 Å². The molecule has 1 aromatic rings. The van der Waals surface area contributed by atoms with Crippen LogP contribution in [0.15, 0.2) is 12.4 Å². The predicted octanol–water partition coefficient (Wildman–Crippen LogP) is 1.44. The molecule has 2 atom stereocenters. The number of fused-ring (bicyclic) bond motifs is 2. The second kappa shape index (κ2) is 4.08. The van der Waals surface area contributed by atoms with Crippen LogP contribution in [0.4, 0.5) is 19.1 Å². The second-order valence-electron chi connectivity index (χ2n) is 4.81. The van der Waals surface area contributed by atoms with Gasteiger partial charge in [0.05, 0.1) is 5.56 Å². The molecule has 0 saturated carbocycles. The summed E-state index contributed by atoms with van der Waals surface area (Å²) in [5.41, 5.74) is -0.802. The van der Waals surface area contributed by atoms with Gasteiger partial charge in [-0.15, -0.1) is 0 Å². The van der Waals surface area contributed by atoms with Gasteiger partial charge in [-0.3, -0.25) is 0 Å². The number of aromatic nitrogens is 2. The zero-order valence-electron chi connectivity index (χ0n) is 9.61. The summed E-state index contributed by atoms with van der Waals surface area (Å²) in [5.74, 6) is 0.390. The zero-order valence-corrected chi connectivity index (χ0v) is 9.61. The highest BCUT2D eigenvalue weighted by atomic mass is 19.4. The van der Waals surface area contributed by atoms with Crippen molar-refractivity contribution in [2.75, 3.05) is 18.0 Å². The molecule has 3 rings (SSSR count). The van der Waals surface area contributed by atoms with Crippen LogP contribution in [0, 0.1) is 0 Å². The van der Waals surface area contributed by atoms with Gasteiger partial charge < -0.3 is 10.2 Å². The number of nitrogens with one attached hydrogen (secondary N) is 1. The molecule has 98 valence electrons. The van der Waals surface area contributed by atoms with Gasteiger partial charge in [-0.1, -0.05) is 0 Å². The van der Waals surface area contributed by atoms with E-state index in [-0.39, 0.29) is 0 Å². The fourth-order valence-electron chi connectivity index (χ4n) is 2.59. The van der Waals surface area contributed by atoms with E-state index in [1.165, 1.54) is 0 Å². The highest BCUT2D eigenvalue weighted by Crippen LogP contribution is 2.29. The molecule has 0 radical (unpaired) electrons. The Morgan fingerprint density at radius 1 is 1.11 bits per heavy atom. The SMILES string of the molecule is FC(F)(F)c1cnc(N2CC3CC[C@H](C2)N3)nc1. The van der Waals surface area contributed by atoms with Crippen molar-refractivity contribution in [3.05, 3.63) is 18.0 Å². The van der Waals surface area contributed by atoms with Crippen LogP contribution in [-0.4, -0.2) is 35.1 Å². The molecule has 4 nitrogen and oxygen atoms in total. The molecular formula is C11H13F3N4. The van der Waals surface area contributed by atoms with Crippen LogP contribution in [0.5, 0.6) is 0 Å². The van der Waals surface area contributed by atoms with Gasteiger partial charge in [0.2, 0.25) is 5.95 Å². The molecule has 2 bridgehead atoms. The van der Waals surface area contributed by atoms with Crippen LogP contribution in [0.3, 0.4) is 0 Å². The largest absolute Gasteiger partial charge is 0.419 e. The lowest BCUT2D eigenvalue weighted by Gasteiger charge is -2.32. The van der Waals surface area contributed by atoms with E-state index in [2.05, 4.69) is 15.3 Å². The van der Waals surface area contributed by atoms with Crippen molar-refractivity contribution >= 4 is 5.95 Å². The molecule has 3 heterocycles. The topological polar surface area (TPSA) is 41.1 Å². The average Bonchev–Trinajstić information content (AvgIpc) is 2.67. The third-order valence-corrected chi connectivity index (χ3v) is 3.46. The quantitative estimate of drug-likeness (QED) is 0.827. The van der Waals surface area contributed by atoms with Gasteiger partial charge in [0, 0.05) is 37.6 Å². The number of piperazine rings is 1. The van der Waals surface area contributed by atoms with Crippen molar-refractivity contribution in [1.29, 1.82) is 0 Å². The molecule has 2 aliphatic rings. The Morgan fingerprint density at radius 2 is 1.67 bits per heavy atom. The first-order valence-corrected chi connectivity index (χ1v) is 5.92. The van der Waals surface area contributed by atoms with Crippen LogP contribution in [0.1, 0.15) is 18.4 Å². The van der Waals surface area contributed by atoms with E-state index in [0.717, 1.165) is 38.3 Å². The van der Waals surface area contributed by atoms with Crippen LogP contribution in [0.2, 0.25) is 0 Å². The minimum absolute atomic E-state index is 0.390. The summed E-state index contributed by atoms with van der Waals surface area (Å²) in [6.07, 6.45) is -0.441. The first-order chi connectivity index (χ1) is 8.52. The summed E-state index contributed by atoms with van der Waals surface area (Å²) in [5, 5.41) is 3.45. The summed E-state index contributed by atoms with van der Waals surface area (Å²) >= 11 is 0. The summed E-state index contributed by atoms with van der Waals surface area (Å²) in [6, 6.07) is 0.823. The van der Waals surface area contributed by atoms with Gasteiger partial charge in [0.1, 0.15) is 0 Å². The molecule has 2 saturated heterocycles. The Balaban J connectivity index is 1.77. The number of hydrogen-bond acceptors (Lipinski definition) is 4. The summed E-state index contributed by atoms with van der Waals surface area (Å²) in [4.78, 5) is 9.62. The Hall–Kier alpha value is -1.37. The maximum atomic E-state index is 12.4. The van der Waals surface area contributed by atoms with Crippen molar-refractivity contribution in [1.82, 2.24) is 15.3 Å². The van der Waals surface area contributed by atoms with E-state index in [1.54, 1.807) is 0 Å². The monoisotopic (exact) mass is 258 g/mol. The van der Waals surface area contributed by atoms with E-state index in [4.69, 9.17) is 0 Å². The molecule has 0 spiro atoms. The first-order valence-electron chi connectivity index (χ1n) is 5.92. The maximum absolute atomic E-state index is 12.4. The standard InChI is InChI=1S/C11H13F3N4/c12-11(13,14)7-3-15-10(16-4-7)18-5-8-1-2-9(6-18)17-8/h3-4,8-9,17H,1-2,5-6H2/t8-,9?/m1/s1. The normalized spacial score (nSPS) is 27.6. The van der Waals surface area contributed by atoms with Crippen molar-refractivity contribution in [3.8, 4) is 0 Å². The first kappa shape index (κ1) is 11.7. The van der Waals surface area contributed by atoms with E-state index in [9.17, 15) is 13.2 Å². The molecule has 7 heteroatoms. The van der Waals surface area contributed by atoms with Crippen molar-refractivity contribution in [2.45, 2.75) is 31.1 Å². The average molecular weight is 258 g/mol. The number of alkyl halides is 3. The molecular weight excluding hydrogens is 245 g/mol. The summed E-state index contributed by atoms with van der Waals surface area (Å²) < 4.78 is 37.2. The number of halogens is 3. The van der Waals surface area contributed by atoms with Crippen molar-refractivity contribution < 1.29 is 13.2 Å². The lowest BCUT2D eigenvalue weighted by molar-refractivity contribution is -0.138. The minimum atomic E-state index is -4.37. The molecule has 18 heavy (non-hydrogen) atoms. The molecule has 1 aromatic heterocycles. The third kappa shape index (κ3) is 2.14. The van der Waals surface area contributed by atoms with E-state index in [0.29, 0.717) is 18.0 Å². The second-order valence-corrected chi connectivity index (χ2v) is 4.81. The van der Waals surface area contributed by atoms with Gasteiger partial charge in [-0.05, 0) is 12.8 Å². The Morgan fingerprint density at radius 3 is 2.17 bits per heavy atom. The lowest BCUT2D eigenvalue weighted by Crippen LogP contribution is -2.51. The van der Waals surface area contributed by atoms with E-state index in [1.807, 2.05) is 4.90 Å². The van der Waals surface area contributed by atoms with Crippen LogP contribution < -0.4 is 10.2 Å². The molecule has 2 aliphatic heterocycles. The van der Waals surface area contributed by atoms with Crippen LogP contribution in [-0.2, 0) is 6.18 Å². The van der Waals surface area contributed by atoms with Gasteiger partial charge in [0.15, 0.2) is 0 Å². The van der Waals surface area contributed by atoms with Crippen LogP contribution in [0.25, 0.3) is 0 Å². The van der Waals surface area contributed by atoms with Gasteiger partial charge in [0.25, 0.3) is 0 Å². The van der Waals surface area contributed by atoms with Gasteiger partial charge >= 0.3 is 6.18 Å². The van der Waals surface area contributed by atoms with Crippen LogP contribution >= 0.6 is 0 Å². The smallest absolute Gasteiger partial charge is 0.338 e. The molecule has 0 aliphatic carbocycles. The summed E-state index contributed by atoms with van der Waals surface area (Å²) in [6.45, 7) is 1.53. The Kier molecular flexibility index (Phi) is 2.65. The third-order valence-electron chi connectivity index (χ3n) is 3.46. The van der Waals surface area contributed by atoms with E-state index >= 15 is 0 Å². The fraction of sp³-hybridized carbons (Fsp3) is 0.636. The number of anilines is 1. The zero-order chi connectivity index (χ0) is 12.8. The Labute approximate surface area is 102 Å². The highest BCUT2D eigenvalue weighted by Gasteiger charge is 2.34. The molecule has 0 aromatic carbocycles. The minimum Gasteiger partial charge on any atom is -0.338 e. The maximum Gasteiger partial charge on any atom is 0.419 e. The number of nitrogens with zero attached hydrogens (tertiary/aromatic N) is 3.